The molecule has 0 unspecified atom stereocenters. The van der Waals surface area contributed by atoms with Crippen molar-refractivity contribution < 1.29 is 4.79 Å². The number of carbonyl (C=O) groups excluding carboxylic acids is 1. The van der Waals surface area contributed by atoms with Gasteiger partial charge in [-0.3, -0.25) is 4.79 Å². The molecule has 0 bridgehead atoms. The topological polar surface area (TPSA) is 29.1 Å². The normalized spacial score (nSPS) is 10.4. The minimum atomic E-state index is -0.145. The van der Waals surface area contributed by atoms with Crippen molar-refractivity contribution in [1.29, 1.82) is 0 Å². The summed E-state index contributed by atoms with van der Waals surface area (Å²) in [4.78, 5) is 12.9. The second kappa shape index (κ2) is 7.66. The van der Waals surface area contributed by atoms with Crippen LogP contribution in [0.5, 0.6) is 0 Å². The number of thiol groups is 1. The van der Waals surface area contributed by atoms with Crippen LogP contribution in [-0.4, -0.2) is 5.91 Å². The zero-order valence-electron chi connectivity index (χ0n) is 11.9. The van der Waals surface area contributed by atoms with E-state index in [0.29, 0.717) is 10.5 Å². The number of amides is 1. The van der Waals surface area contributed by atoms with Gasteiger partial charge in [0.25, 0.3) is 5.91 Å². The molecule has 2 aromatic carbocycles. The van der Waals surface area contributed by atoms with Crippen LogP contribution in [0.2, 0.25) is 0 Å². The monoisotopic (exact) mass is 363 g/mol. The van der Waals surface area contributed by atoms with Crippen LogP contribution >= 0.6 is 28.6 Å². The van der Waals surface area contributed by atoms with Crippen LogP contribution in [0, 0.1) is 0 Å². The third kappa shape index (κ3) is 4.61. The summed E-state index contributed by atoms with van der Waals surface area (Å²) in [6, 6.07) is 13.4. The van der Waals surface area contributed by atoms with Gasteiger partial charge in [0.1, 0.15) is 0 Å². The van der Waals surface area contributed by atoms with Crippen molar-refractivity contribution in [3.05, 3.63) is 58.1 Å². The molecule has 110 valence electrons. The van der Waals surface area contributed by atoms with E-state index in [0.717, 1.165) is 16.6 Å². The minimum Gasteiger partial charge on any atom is -0.322 e. The maximum Gasteiger partial charge on any atom is 0.256 e. The molecule has 0 aliphatic carbocycles. The third-order valence-corrected chi connectivity index (χ3v) is 4.10. The zero-order chi connectivity index (χ0) is 15.2. The Morgan fingerprint density at radius 2 is 1.90 bits per heavy atom. The highest BCUT2D eigenvalue weighted by molar-refractivity contribution is 9.10. The molecule has 0 fully saturated rings. The fraction of sp³-hybridized carbons (Fsp3) is 0.235. The summed E-state index contributed by atoms with van der Waals surface area (Å²) in [7, 11) is 0. The lowest BCUT2D eigenvalue weighted by atomic mass is 10.1. The van der Waals surface area contributed by atoms with Gasteiger partial charge >= 0.3 is 0 Å². The molecular weight excluding hydrogens is 346 g/mol. The molecule has 0 saturated heterocycles. The van der Waals surface area contributed by atoms with Gasteiger partial charge in [0, 0.05) is 15.1 Å². The molecule has 0 saturated carbocycles. The van der Waals surface area contributed by atoms with Gasteiger partial charge in [0.15, 0.2) is 0 Å². The summed E-state index contributed by atoms with van der Waals surface area (Å²) in [5.41, 5.74) is 2.67. The van der Waals surface area contributed by atoms with Crippen molar-refractivity contribution in [2.24, 2.45) is 0 Å². The van der Waals surface area contributed by atoms with Crippen LogP contribution in [0.3, 0.4) is 0 Å². The van der Waals surface area contributed by atoms with E-state index in [-0.39, 0.29) is 5.91 Å². The van der Waals surface area contributed by atoms with E-state index in [9.17, 15) is 4.79 Å². The first-order valence-corrected chi connectivity index (χ1v) is 8.23. The molecule has 0 aromatic heterocycles. The smallest absolute Gasteiger partial charge is 0.256 e. The van der Waals surface area contributed by atoms with Gasteiger partial charge in [-0.15, -0.1) is 12.6 Å². The van der Waals surface area contributed by atoms with Gasteiger partial charge in [-0.2, -0.15) is 0 Å². The first-order valence-electron chi connectivity index (χ1n) is 6.99. The highest BCUT2D eigenvalue weighted by atomic mass is 79.9. The Morgan fingerprint density at radius 3 is 2.52 bits per heavy atom. The van der Waals surface area contributed by atoms with Crippen molar-refractivity contribution in [2.75, 3.05) is 5.32 Å². The Labute approximate surface area is 139 Å². The Morgan fingerprint density at radius 1 is 1.19 bits per heavy atom. The number of nitrogens with one attached hydrogen (secondary N) is 1. The van der Waals surface area contributed by atoms with Crippen LogP contribution in [0.25, 0.3) is 0 Å². The Kier molecular flexibility index (Phi) is 5.88. The molecule has 0 spiro atoms. The van der Waals surface area contributed by atoms with Crippen LogP contribution in [0.4, 0.5) is 5.69 Å². The molecule has 0 atom stereocenters. The van der Waals surface area contributed by atoms with Crippen LogP contribution < -0.4 is 5.32 Å². The second-order valence-corrected chi connectivity index (χ2v) is 6.31. The fourth-order valence-corrected chi connectivity index (χ4v) is 2.88. The molecule has 0 heterocycles. The predicted octanol–water partition coefficient (Wildman–Crippen LogP) is 5.33. The first-order chi connectivity index (χ1) is 10.1. The average Bonchev–Trinajstić information content (AvgIpc) is 2.46. The molecule has 2 nitrogen and oxygen atoms in total. The minimum absolute atomic E-state index is 0.145. The summed E-state index contributed by atoms with van der Waals surface area (Å²) in [6.07, 6.45) is 3.46. The molecule has 1 N–H and O–H groups in total. The molecule has 4 heteroatoms. The Hall–Kier alpha value is -1.26. The van der Waals surface area contributed by atoms with Gasteiger partial charge in [-0.25, -0.2) is 0 Å². The van der Waals surface area contributed by atoms with Crippen LogP contribution in [-0.2, 0) is 6.42 Å². The molecule has 0 radical (unpaired) electrons. The number of aryl methyl sites for hydroxylation is 1. The highest BCUT2D eigenvalue weighted by Crippen LogP contribution is 2.21. The zero-order valence-corrected chi connectivity index (χ0v) is 14.4. The second-order valence-electron chi connectivity index (χ2n) is 4.92. The van der Waals surface area contributed by atoms with E-state index >= 15 is 0 Å². The first kappa shape index (κ1) is 16.1. The molecule has 1 amide bonds. The molecule has 21 heavy (non-hydrogen) atoms. The molecule has 0 aliphatic heterocycles. The molecule has 2 rings (SSSR count). The number of hydrogen-bond donors (Lipinski definition) is 2. The lowest BCUT2D eigenvalue weighted by molar-refractivity contribution is 0.102. The number of hydrogen-bond acceptors (Lipinski definition) is 2. The Bertz CT molecular complexity index is 625. The van der Waals surface area contributed by atoms with Crippen LogP contribution in [0.15, 0.2) is 51.8 Å². The third-order valence-electron chi connectivity index (χ3n) is 3.24. The van der Waals surface area contributed by atoms with E-state index in [1.54, 1.807) is 6.07 Å². The maximum absolute atomic E-state index is 12.2. The van der Waals surface area contributed by atoms with E-state index in [2.05, 4.69) is 52.9 Å². The Balaban J connectivity index is 2.05. The summed E-state index contributed by atoms with van der Waals surface area (Å²) in [5, 5.41) is 2.90. The number of benzene rings is 2. The summed E-state index contributed by atoms with van der Waals surface area (Å²) >= 11 is 7.70. The summed E-state index contributed by atoms with van der Waals surface area (Å²) in [6.45, 7) is 2.18. The SMILES string of the molecule is CCCCc1ccc(NC(=O)c2ccc(Br)cc2S)cc1. The van der Waals surface area contributed by atoms with Crippen molar-refractivity contribution in [2.45, 2.75) is 31.1 Å². The van der Waals surface area contributed by atoms with E-state index in [1.807, 2.05) is 24.3 Å². The van der Waals surface area contributed by atoms with E-state index in [4.69, 9.17) is 0 Å². The van der Waals surface area contributed by atoms with Crippen LogP contribution in [0.1, 0.15) is 35.7 Å². The average molecular weight is 364 g/mol. The van der Waals surface area contributed by atoms with Crippen molar-refractivity contribution in [3.8, 4) is 0 Å². The molecular formula is C17H18BrNOS. The quantitative estimate of drug-likeness (QED) is 0.690. The van der Waals surface area contributed by atoms with Crippen molar-refractivity contribution >= 4 is 40.2 Å². The fourth-order valence-electron chi connectivity index (χ4n) is 2.03. The highest BCUT2D eigenvalue weighted by Gasteiger charge is 2.10. The maximum atomic E-state index is 12.2. The number of halogens is 1. The summed E-state index contributed by atoms with van der Waals surface area (Å²) < 4.78 is 0.907. The standard InChI is InChI=1S/C17H18BrNOS/c1-2-3-4-12-5-8-14(9-6-12)19-17(20)15-10-7-13(18)11-16(15)21/h5-11,21H,2-4H2,1H3,(H,19,20). The lowest BCUT2D eigenvalue weighted by Gasteiger charge is -2.08. The van der Waals surface area contributed by atoms with Gasteiger partial charge in [0.05, 0.1) is 5.56 Å². The lowest BCUT2D eigenvalue weighted by Crippen LogP contribution is -2.12. The number of carbonyl (C=O) groups is 1. The van der Waals surface area contributed by atoms with E-state index < -0.39 is 0 Å². The summed E-state index contributed by atoms with van der Waals surface area (Å²) in [5.74, 6) is -0.145. The number of rotatable bonds is 5. The van der Waals surface area contributed by atoms with Crippen molar-refractivity contribution in [1.82, 2.24) is 0 Å². The van der Waals surface area contributed by atoms with Crippen molar-refractivity contribution in [3.63, 3.8) is 0 Å². The van der Waals surface area contributed by atoms with Gasteiger partial charge in [-0.05, 0) is 48.7 Å². The molecule has 0 aliphatic rings. The predicted molar refractivity (Wildman–Crippen MR) is 94.4 cm³/mol. The largest absolute Gasteiger partial charge is 0.322 e. The number of unbranched alkanes of at least 4 members (excludes halogenated alkanes) is 1. The van der Waals surface area contributed by atoms with E-state index in [1.165, 1.54) is 18.4 Å². The molecule has 2 aromatic rings. The number of anilines is 1. The van der Waals surface area contributed by atoms with Gasteiger partial charge in [0.2, 0.25) is 0 Å². The van der Waals surface area contributed by atoms with Gasteiger partial charge < -0.3 is 5.32 Å². The van der Waals surface area contributed by atoms with Gasteiger partial charge in [-0.1, -0.05) is 41.4 Å².